The van der Waals surface area contributed by atoms with Crippen molar-refractivity contribution in [2.45, 2.75) is 25.8 Å². The second kappa shape index (κ2) is 9.36. The first-order chi connectivity index (χ1) is 9.65. The Hall–Kier alpha value is -1.56. The van der Waals surface area contributed by atoms with Crippen molar-refractivity contribution in [2.75, 3.05) is 17.8 Å². The van der Waals surface area contributed by atoms with Crippen molar-refractivity contribution in [3.63, 3.8) is 0 Å². The topological polar surface area (TPSA) is 67.4 Å². The fourth-order valence-corrected chi connectivity index (χ4v) is 1.94. The minimum Gasteiger partial charge on any atom is -0.453 e. The molecule has 2 N–H and O–H groups in total. The van der Waals surface area contributed by atoms with E-state index in [0.29, 0.717) is 18.7 Å². The number of unbranched alkanes of at least 4 members (excludes halogenated alkanes) is 1. The van der Waals surface area contributed by atoms with Crippen LogP contribution < -0.4 is 10.6 Å². The van der Waals surface area contributed by atoms with Crippen LogP contribution >= 0.6 is 15.9 Å². The molecule has 20 heavy (non-hydrogen) atoms. The summed E-state index contributed by atoms with van der Waals surface area (Å²) in [6, 6.07) is 7.24. The molecule has 0 aliphatic rings. The SMILES string of the molecule is COC(=O)Nc1ccc(CNC(=O)CCCCBr)cc1. The van der Waals surface area contributed by atoms with Crippen LogP contribution in [-0.2, 0) is 16.1 Å². The second-order valence-corrected chi connectivity index (χ2v) is 5.03. The van der Waals surface area contributed by atoms with Crippen molar-refractivity contribution in [1.29, 1.82) is 0 Å². The van der Waals surface area contributed by atoms with Gasteiger partial charge < -0.3 is 10.1 Å². The lowest BCUT2D eigenvalue weighted by Crippen LogP contribution is -2.22. The van der Waals surface area contributed by atoms with Crippen LogP contribution in [0.15, 0.2) is 24.3 Å². The number of ether oxygens (including phenoxy) is 1. The van der Waals surface area contributed by atoms with Crippen LogP contribution in [0.5, 0.6) is 0 Å². The number of carbonyl (C=O) groups excluding carboxylic acids is 2. The molecule has 0 bridgehead atoms. The minimum absolute atomic E-state index is 0.0581. The van der Waals surface area contributed by atoms with Gasteiger partial charge in [0.15, 0.2) is 0 Å². The summed E-state index contributed by atoms with van der Waals surface area (Å²) in [7, 11) is 1.31. The summed E-state index contributed by atoms with van der Waals surface area (Å²) in [5.41, 5.74) is 1.64. The van der Waals surface area contributed by atoms with E-state index in [1.165, 1.54) is 7.11 Å². The Balaban J connectivity index is 2.34. The zero-order valence-corrected chi connectivity index (χ0v) is 13.0. The van der Waals surface area contributed by atoms with E-state index in [1.807, 2.05) is 12.1 Å². The van der Waals surface area contributed by atoms with Crippen LogP contribution in [0.2, 0.25) is 0 Å². The van der Waals surface area contributed by atoms with Gasteiger partial charge in [0.2, 0.25) is 5.91 Å². The molecule has 0 radical (unpaired) electrons. The number of hydrogen-bond acceptors (Lipinski definition) is 3. The number of benzene rings is 1. The van der Waals surface area contributed by atoms with Crippen molar-refractivity contribution >= 4 is 33.6 Å². The smallest absolute Gasteiger partial charge is 0.411 e. The van der Waals surface area contributed by atoms with Crippen LogP contribution in [0.25, 0.3) is 0 Å². The number of hydrogen-bond donors (Lipinski definition) is 2. The molecule has 5 nitrogen and oxygen atoms in total. The third kappa shape index (κ3) is 6.56. The average Bonchev–Trinajstić information content (AvgIpc) is 2.46. The van der Waals surface area contributed by atoms with Gasteiger partial charge in [0.05, 0.1) is 7.11 Å². The molecular formula is C14H19BrN2O3. The molecule has 1 aromatic carbocycles. The van der Waals surface area contributed by atoms with Crippen LogP contribution in [0, 0.1) is 0 Å². The fourth-order valence-electron chi connectivity index (χ4n) is 1.54. The summed E-state index contributed by atoms with van der Waals surface area (Å²) in [6.45, 7) is 0.492. The third-order valence-corrected chi connectivity index (χ3v) is 3.22. The Morgan fingerprint density at radius 2 is 1.90 bits per heavy atom. The number of rotatable bonds is 7. The van der Waals surface area contributed by atoms with Gasteiger partial charge in [0.25, 0.3) is 0 Å². The van der Waals surface area contributed by atoms with Gasteiger partial charge >= 0.3 is 6.09 Å². The first-order valence-corrected chi connectivity index (χ1v) is 7.54. The summed E-state index contributed by atoms with van der Waals surface area (Å²) in [5.74, 6) is 0.0581. The van der Waals surface area contributed by atoms with Crippen molar-refractivity contribution < 1.29 is 14.3 Å². The fraction of sp³-hybridized carbons (Fsp3) is 0.429. The van der Waals surface area contributed by atoms with Crippen LogP contribution in [0.3, 0.4) is 0 Å². The summed E-state index contributed by atoms with van der Waals surface area (Å²) in [5, 5.41) is 6.35. The monoisotopic (exact) mass is 342 g/mol. The molecule has 0 aliphatic carbocycles. The van der Waals surface area contributed by atoms with Gasteiger partial charge in [-0.25, -0.2) is 4.79 Å². The first kappa shape index (κ1) is 16.5. The normalized spacial score (nSPS) is 9.90. The predicted molar refractivity (Wildman–Crippen MR) is 82.0 cm³/mol. The summed E-state index contributed by atoms with van der Waals surface area (Å²) in [4.78, 5) is 22.6. The molecule has 0 unspecified atom stereocenters. The molecule has 0 saturated heterocycles. The third-order valence-electron chi connectivity index (χ3n) is 2.66. The number of anilines is 1. The molecule has 1 rings (SSSR count). The van der Waals surface area contributed by atoms with Gasteiger partial charge in [-0.2, -0.15) is 0 Å². The Bertz CT molecular complexity index is 435. The number of methoxy groups -OCH3 is 1. The van der Waals surface area contributed by atoms with Crippen LogP contribution in [-0.4, -0.2) is 24.4 Å². The van der Waals surface area contributed by atoms with Crippen molar-refractivity contribution in [3.8, 4) is 0 Å². The molecule has 0 aliphatic heterocycles. The van der Waals surface area contributed by atoms with Gasteiger partial charge in [-0.1, -0.05) is 28.1 Å². The quantitative estimate of drug-likeness (QED) is 0.591. The zero-order chi connectivity index (χ0) is 14.8. The highest BCUT2D eigenvalue weighted by molar-refractivity contribution is 9.09. The molecule has 0 atom stereocenters. The van der Waals surface area contributed by atoms with Crippen molar-refractivity contribution in [1.82, 2.24) is 5.32 Å². The van der Waals surface area contributed by atoms with E-state index in [2.05, 4.69) is 31.3 Å². The Kier molecular flexibility index (Phi) is 7.72. The standard InChI is InChI=1S/C14H19BrN2O3/c1-20-14(19)17-12-7-5-11(6-8-12)10-16-13(18)4-2-3-9-15/h5-8H,2-4,9-10H2,1H3,(H,16,18)(H,17,19). The van der Waals surface area contributed by atoms with Crippen molar-refractivity contribution in [2.24, 2.45) is 0 Å². The summed E-state index contributed by atoms with van der Waals surface area (Å²) in [6.07, 6.45) is 1.94. The predicted octanol–water partition coefficient (Wildman–Crippen LogP) is 3.05. The first-order valence-electron chi connectivity index (χ1n) is 6.42. The van der Waals surface area contributed by atoms with Gasteiger partial charge in [-0.3, -0.25) is 10.1 Å². The highest BCUT2D eigenvalue weighted by atomic mass is 79.9. The van der Waals surface area contributed by atoms with Gasteiger partial charge in [0, 0.05) is 24.0 Å². The Labute approximate surface area is 127 Å². The number of amides is 2. The highest BCUT2D eigenvalue weighted by Crippen LogP contribution is 2.09. The maximum atomic E-state index is 11.5. The summed E-state index contributed by atoms with van der Waals surface area (Å²) >= 11 is 3.33. The second-order valence-electron chi connectivity index (χ2n) is 4.24. The van der Waals surface area contributed by atoms with Gasteiger partial charge in [0.1, 0.15) is 0 Å². The molecule has 0 spiro atoms. The molecule has 0 aromatic heterocycles. The summed E-state index contributed by atoms with van der Waals surface area (Å²) < 4.78 is 4.50. The van der Waals surface area contributed by atoms with E-state index in [9.17, 15) is 9.59 Å². The molecule has 0 fully saturated rings. The molecule has 0 saturated carbocycles. The maximum absolute atomic E-state index is 11.5. The molecule has 1 aromatic rings. The van der Waals surface area contributed by atoms with E-state index in [0.717, 1.165) is 23.7 Å². The van der Waals surface area contributed by atoms with Crippen LogP contribution in [0.4, 0.5) is 10.5 Å². The number of halogens is 1. The van der Waals surface area contributed by atoms with E-state index < -0.39 is 6.09 Å². The largest absolute Gasteiger partial charge is 0.453 e. The minimum atomic E-state index is -0.502. The molecule has 6 heteroatoms. The number of carbonyl (C=O) groups is 2. The van der Waals surface area contributed by atoms with Crippen molar-refractivity contribution in [3.05, 3.63) is 29.8 Å². The molecule has 0 heterocycles. The molecule has 2 amide bonds. The van der Waals surface area contributed by atoms with E-state index in [-0.39, 0.29) is 5.91 Å². The lowest BCUT2D eigenvalue weighted by molar-refractivity contribution is -0.121. The molecular weight excluding hydrogens is 324 g/mol. The van der Waals surface area contributed by atoms with Crippen LogP contribution in [0.1, 0.15) is 24.8 Å². The Morgan fingerprint density at radius 3 is 2.50 bits per heavy atom. The van der Waals surface area contributed by atoms with E-state index in [4.69, 9.17) is 0 Å². The van der Waals surface area contributed by atoms with E-state index >= 15 is 0 Å². The maximum Gasteiger partial charge on any atom is 0.411 e. The average molecular weight is 343 g/mol. The van der Waals surface area contributed by atoms with E-state index in [1.54, 1.807) is 12.1 Å². The van der Waals surface area contributed by atoms with Gasteiger partial charge in [-0.15, -0.1) is 0 Å². The highest BCUT2D eigenvalue weighted by Gasteiger charge is 2.02. The number of nitrogens with one attached hydrogen (secondary N) is 2. The number of alkyl halides is 1. The lowest BCUT2D eigenvalue weighted by atomic mass is 10.2. The lowest BCUT2D eigenvalue weighted by Gasteiger charge is -2.07. The zero-order valence-electron chi connectivity index (χ0n) is 11.4. The van der Waals surface area contributed by atoms with Gasteiger partial charge in [-0.05, 0) is 30.5 Å². The Morgan fingerprint density at radius 1 is 1.20 bits per heavy atom. The molecule has 110 valence electrons.